The molecule has 0 unspecified atom stereocenters. The minimum atomic E-state index is -0.164. The van der Waals surface area contributed by atoms with Gasteiger partial charge in [0.25, 0.3) is 5.91 Å². The van der Waals surface area contributed by atoms with Crippen LogP contribution in [0.15, 0.2) is 77.1 Å². The van der Waals surface area contributed by atoms with Crippen LogP contribution >= 0.6 is 11.8 Å². The summed E-state index contributed by atoms with van der Waals surface area (Å²) in [5, 5.41) is 0.805. The molecule has 2 aromatic carbocycles. The van der Waals surface area contributed by atoms with E-state index in [1.54, 1.807) is 6.08 Å². The lowest BCUT2D eigenvalue weighted by Gasteiger charge is -2.36. The molecule has 0 spiro atoms. The number of amides is 1. The average Bonchev–Trinajstić information content (AvgIpc) is 3.14. The van der Waals surface area contributed by atoms with Crippen molar-refractivity contribution in [3.8, 4) is 5.75 Å². The van der Waals surface area contributed by atoms with Crippen LogP contribution in [0, 0.1) is 0 Å². The zero-order chi connectivity index (χ0) is 20.1. The fraction of sp³-hybridized carbons (Fsp3) is 0.217. The first-order valence-electron chi connectivity index (χ1n) is 9.64. The fourth-order valence-corrected chi connectivity index (χ4v) is 4.26. The Labute approximate surface area is 175 Å². The van der Waals surface area contributed by atoms with Gasteiger partial charge in [-0.25, -0.2) is 0 Å². The SMILES string of the molecule is C=CCOc1ccc(/C=C2\SC(N3CCN(c4ccccc4)CC3)=NC2=O)cc1. The number of amidine groups is 1. The average molecular weight is 406 g/mol. The molecule has 0 aliphatic carbocycles. The topological polar surface area (TPSA) is 45.1 Å². The van der Waals surface area contributed by atoms with E-state index in [0.717, 1.165) is 42.7 Å². The van der Waals surface area contributed by atoms with Crippen molar-refractivity contribution >= 4 is 34.6 Å². The Morgan fingerprint density at radius 3 is 2.38 bits per heavy atom. The van der Waals surface area contributed by atoms with Gasteiger partial charge in [0.1, 0.15) is 12.4 Å². The molecule has 1 saturated heterocycles. The number of anilines is 1. The van der Waals surface area contributed by atoms with Crippen molar-refractivity contribution in [1.29, 1.82) is 0 Å². The van der Waals surface area contributed by atoms with Gasteiger partial charge in [-0.15, -0.1) is 0 Å². The second kappa shape index (κ2) is 9.01. The first-order valence-corrected chi connectivity index (χ1v) is 10.5. The monoisotopic (exact) mass is 405 g/mol. The number of piperazine rings is 1. The van der Waals surface area contributed by atoms with E-state index in [2.05, 4.69) is 45.6 Å². The third-order valence-electron chi connectivity index (χ3n) is 4.83. The summed E-state index contributed by atoms with van der Waals surface area (Å²) in [6.45, 7) is 7.67. The number of thioether (sulfide) groups is 1. The van der Waals surface area contributed by atoms with Crippen molar-refractivity contribution in [3.05, 3.63) is 77.7 Å². The molecule has 5 nitrogen and oxygen atoms in total. The minimum Gasteiger partial charge on any atom is -0.490 e. The molecule has 0 atom stereocenters. The first kappa shape index (κ1) is 19.3. The van der Waals surface area contributed by atoms with E-state index in [-0.39, 0.29) is 5.91 Å². The van der Waals surface area contributed by atoms with E-state index in [1.165, 1.54) is 17.4 Å². The van der Waals surface area contributed by atoms with Crippen molar-refractivity contribution in [2.75, 3.05) is 37.7 Å². The first-order chi connectivity index (χ1) is 14.2. The number of nitrogens with zero attached hydrogens (tertiary/aromatic N) is 3. The Morgan fingerprint density at radius 2 is 1.69 bits per heavy atom. The van der Waals surface area contributed by atoms with E-state index in [4.69, 9.17) is 4.74 Å². The van der Waals surface area contributed by atoms with Crippen LogP contribution in [0.4, 0.5) is 5.69 Å². The summed E-state index contributed by atoms with van der Waals surface area (Å²) in [7, 11) is 0. The molecule has 6 heteroatoms. The molecule has 0 N–H and O–H groups in total. The molecule has 2 aliphatic rings. The predicted molar refractivity (Wildman–Crippen MR) is 120 cm³/mol. The number of benzene rings is 2. The summed E-state index contributed by atoms with van der Waals surface area (Å²) in [4.78, 5) is 21.9. The maximum absolute atomic E-state index is 12.4. The lowest BCUT2D eigenvalue weighted by molar-refractivity contribution is -0.113. The summed E-state index contributed by atoms with van der Waals surface area (Å²) in [6.07, 6.45) is 3.60. The van der Waals surface area contributed by atoms with E-state index in [9.17, 15) is 4.79 Å². The molecule has 0 radical (unpaired) electrons. The normalized spacial score (nSPS) is 18.1. The van der Waals surface area contributed by atoms with E-state index < -0.39 is 0 Å². The van der Waals surface area contributed by atoms with Gasteiger partial charge in [-0.3, -0.25) is 4.79 Å². The van der Waals surface area contributed by atoms with Gasteiger partial charge in [0, 0.05) is 31.9 Å². The highest BCUT2D eigenvalue weighted by atomic mass is 32.2. The summed E-state index contributed by atoms with van der Waals surface area (Å²) >= 11 is 1.46. The second-order valence-corrected chi connectivity index (χ2v) is 7.80. The van der Waals surface area contributed by atoms with Gasteiger partial charge in [0.05, 0.1) is 4.91 Å². The summed E-state index contributed by atoms with van der Waals surface area (Å²) in [5.41, 5.74) is 2.20. The molecule has 2 aromatic rings. The number of ether oxygens (including phenoxy) is 1. The Bertz CT molecular complexity index is 930. The van der Waals surface area contributed by atoms with E-state index in [0.29, 0.717) is 11.5 Å². The molecule has 2 aliphatic heterocycles. The van der Waals surface area contributed by atoms with Gasteiger partial charge in [0.15, 0.2) is 5.17 Å². The van der Waals surface area contributed by atoms with Crippen LogP contribution in [0.1, 0.15) is 5.56 Å². The smallest absolute Gasteiger partial charge is 0.286 e. The van der Waals surface area contributed by atoms with Crippen molar-refractivity contribution in [3.63, 3.8) is 0 Å². The largest absolute Gasteiger partial charge is 0.490 e. The highest BCUT2D eigenvalue weighted by Gasteiger charge is 2.28. The lowest BCUT2D eigenvalue weighted by Crippen LogP contribution is -2.47. The maximum atomic E-state index is 12.4. The van der Waals surface area contributed by atoms with Crippen LogP contribution in [-0.4, -0.2) is 48.8 Å². The van der Waals surface area contributed by atoms with Gasteiger partial charge in [0.2, 0.25) is 0 Å². The Morgan fingerprint density at radius 1 is 1.00 bits per heavy atom. The zero-order valence-electron chi connectivity index (χ0n) is 16.2. The van der Waals surface area contributed by atoms with E-state index >= 15 is 0 Å². The highest BCUT2D eigenvalue weighted by molar-refractivity contribution is 8.18. The molecule has 1 fully saturated rings. The van der Waals surface area contributed by atoms with Gasteiger partial charge >= 0.3 is 0 Å². The predicted octanol–water partition coefficient (Wildman–Crippen LogP) is 4.04. The van der Waals surface area contributed by atoms with Gasteiger partial charge in [-0.05, 0) is 47.7 Å². The van der Waals surface area contributed by atoms with Crippen molar-refractivity contribution in [2.45, 2.75) is 0 Å². The van der Waals surface area contributed by atoms with Crippen LogP contribution < -0.4 is 9.64 Å². The van der Waals surface area contributed by atoms with Gasteiger partial charge in [-0.2, -0.15) is 4.99 Å². The molecule has 148 valence electrons. The molecule has 4 rings (SSSR count). The maximum Gasteiger partial charge on any atom is 0.286 e. The summed E-state index contributed by atoms with van der Waals surface area (Å²) in [6, 6.07) is 18.1. The Balaban J connectivity index is 1.36. The molecule has 29 heavy (non-hydrogen) atoms. The van der Waals surface area contributed by atoms with Crippen molar-refractivity contribution < 1.29 is 9.53 Å². The molecular weight excluding hydrogens is 382 g/mol. The number of carbonyl (C=O) groups excluding carboxylic acids is 1. The Hall–Kier alpha value is -2.99. The fourth-order valence-electron chi connectivity index (χ4n) is 3.29. The number of rotatable bonds is 5. The van der Waals surface area contributed by atoms with Crippen LogP contribution in [0.2, 0.25) is 0 Å². The molecular formula is C23H23N3O2S. The van der Waals surface area contributed by atoms with Crippen molar-refractivity contribution in [2.24, 2.45) is 4.99 Å². The number of hydrogen-bond acceptors (Lipinski definition) is 5. The minimum absolute atomic E-state index is 0.164. The van der Waals surface area contributed by atoms with Gasteiger partial charge in [-0.1, -0.05) is 43.0 Å². The highest BCUT2D eigenvalue weighted by Crippen LogP contribution is 2.31. The van der Waals surface area contributed by atoms with Crippen LogP contribution in [0.3, 0.4) is 0 Å². The van der Waals surface area contributed by atoms with E-state index in [1.807, 2.05) is 36.4 Å². The van der Waals surface area contributed by atoms with Gasteiger partial charge < -0.3 is 14.5 Å². The molecule has 1 amide bonds. The standard InChI is InChI=1S/C23H23N3O2S/c1-2-16-28-20-10-8-18(9-11-20)17-21-22(27)24-23(29-21)26-14-12-25(13-15-26)19-6-4-3-5-7-19/h2-11,17H,1,12-16H2/b21-17-. The third-order valence-corrected chi connectivity index (χ3v) is 5.87. The molecule has 0 bridgehead atoms. The molecule has 0 aromatic heterocycles. The molecule has 0 saturated carbocycles. The molecule has 2 heterocycles. The van der Waals surface area contributed by atoms with Crippen LogP contribution in [0.5, 0.6) is 5.75 Å². The quantitative estimate of drug-likeness (QED) is 0.555. The number of hydrogen-bond donors (Lipinski definition) is 0. The zero-order valence-corrected chi connectivity index (χ0v) is 17.0. The second-order valence-electron chi connectivity index (χ2n) is 6.79. The Kier molecular flexibility index (Phi) is 6.00. The summed E-state index contributed by atoms with van der Waals surface area (Å²) < 4.78 is 5.49. The van der Waals surface area contributed by atoms with Crippen molar-refractivity contribution in [1.82, 2.24) is 4.90 Å². The van der Waals surface area contributed by atoms with Crippen LogP contribution in [0.25, 0.3) is 6.08 Å². The number of aliphatic imine (C=N–C) groups is 1. The van der Waals surface area contributed by atoms with Crippen LogP contribution in [-0.2, 0) is 4.79 Å². The third kappa shape index (κ3) is 4.71. The summed E-state index contributed by atoms with van der Waals surface area (Å²) in [5.74, 6) is 0.619. The number of para-hydroxylation sites is 1. The lowest BCUT2D eigenvalue weighted by atomic mass is 10.2. The number of carbonyl (C=O) groups is 1.